The Labute approximate surface area is 278 Å². The second-order valence-electron chi connectivity index (χ2n) is 13.6. The van der Waals surface area contributed by atoms with E-state index in [4.69, 9.17) is 4.74 Å². The van der Waals surface area contributed by atoms with Gasteiger partial charge >= 0.3 is 12.0 Å². The number of ether oxygens (including phenoxy) is 1. The summed E-state index contributed by atoms with van der Waals surface area (Å²) in [6.45, 7) is 7.37. The molecule has 1 spiro atoms. The number of carboxylic acid groups (broad SMARTS) is 1. The molecule has 0 aliphatic carbocycles. The first-order valence-corrected chi connectivity index (χ1v) is 16.3. The van der Waals surface area contributed by atoms with Gasteiger partial charge in [0.15, 0.2) is 5.82 Å². The average molecular weight is 672 g/mol. The van der Waals surface area contributed by atoms with E-state index in [0.717, 1.165) is 56.8 Å². The maximum Gasteiger partial charge on any atom is 0.407 e. The molecule has 2 aromatic rings. The Morgan fingerprint density at radius 1 is 1.08 bits per heavy atom. The normalized spacial score (nSPS) is 21.5. The molecule has 1 aromatic heterocycles. The quantitative estimate of drug-likeness (QED) is 0.399. The molecular formula is C32H43F2N9O5. The summed E-state index contributed by atoms with van der Waals surface area (Å²) < 4.78 is 34.9. The van der Waals surface area contributed by atoms with E-state index in [1.165, 1.54) is 30.2 Å². The molecule has 4 aliphatic rings. The topological polar surface area (TPSA) is 147 Å². The van der Waals surface area contributed by atoms with Gasteiger partial charge in [-0.25, -0.2) is 14.8 Å². The number of hydrogen-bond acceptors (Lipinski definition) is 10. The molecule has 4 aliphatic heterocycles. The fourth-order valence-electron chi connectivity index (χ4n) is 7.18. The first-order valence-electron chi connectivity index (χ1n) is 16.3. The fraction of sp³-hybridized carbons (Fsp3) is 0.594. The number of carbonyl (C=O) groups is 3. The molecule has 48 heavy (non-hydrogen) atoms. The minimum absolute atomic E-state index is 0.114. The Morgan fingerprint density at radius 2 is 1.77 bits per heavy atom. The summed E-state index contributed by atoms with van der Waals surface area (Å²) in [4.78, 5) is 51.9. The van der Waals surface area contributed by atoms with Crippen molar-refractivity contribution in [3.63, 3.8) is 0 Å². The van der Waals surface area contributed by atoms with E-state index in [2.05, 4.69) is 25.6 Å². The summed E-state index contributed by atoms with van der Waals surface area (Å²) in [5.41, 5.74) is 4.29. The van der Waals surface area contributed by atoms with Crippen LogP contribution in [0.2, 0.25) is 0 Å². The molecule has 0 unspecified atom stereocenters. The van der Waals surface area contributed by atoms with Crippen LogP contribution >= 0.6 is 0 Å². The third-order valence-corrected chi connectivity index (χ3v) is 10.1. The van der Waals surface area contributed by atoms with E-state index in [1.807, 2.05) is 5.01 Å². The number of hydrogen-bond donors (Lipinski definition) is 3. The largest absolute Gasteiger partial charge is 0.495 e. The first-order chi connectivity index (χ1) is 22.8. The van der Waals surface area contributed by atoms with Crippen LogP contribution in [0, 0.1) is 5.41 Å². The Hall–Kier alpha value is -4.31. The van der Waals surface area contributed by atoms with Crippen molar-refractivity contribution in [3.05, 3.63) is 30.0 Å². The van der Waals surface area contributed by atoms with Crippen LogP contribution in [0.25, 0.3) is 0 Å². The van der Waals surface area contributed by atoms with Crippen LogP contribution in [-0.2, 0) is 4.79 Å². The minimum Gasteiger partial charge on any atom is -0.495 e. The number of alkyl halides is 2. The number of rotatable bonds is 7. The number of halogens is 2. The Morgan fingerprint density at radius 3 is 2.40 bits per heavy atom. The third-order valence-electron chi connectivity index (χ3n) is 10.1. The highest BCUT2D eigenvalue weighted by molar-refractivity contribution is 6.02. The Bertz CT molecular complexity index is 1550. The molecule has 0 saturated carbocycles. The maximum absolute atomic E-state index is 14.7. The highest BCUT2D eigenvalue weighted by Gasteiger charge is 2.49. The number of anilines is 4. The predicted octanol–water partition coefficient (Wildman–Crippen LogP) is 3.24. The number of nitrogens with zero attached hydrogens (tertiary/aromatic N) is 7. The number of amides is 3. The van der Waals surface area contributed by atoms with Crippen LogP contribution in [0.15, 0.2) is 24.4 Å². The molecule has 260 valence electrons. The second-order valence-corrected chi connectivity index (χ2v) is 13.6. The van der Waals surface area contributed by atoms with E-state index in [-0.39, 0.29) is 34.8 Å². The summed E-state index contributed by atoms with van der Waals surface area (Å²) in [7, 11) is 2.76. The highest BCUT2D eigenvalue weighted by Crippen LogP contribution is 2.43. The first kappa shape index (κ1) is 33.6. The summed E-state index contributed by atoms with van der Waals surface area (Å²) >= 11 is 0. The van der Waals surface area contributed by atoms with Crippen LogP contribution in [-0.4, -0.2) is 126 Å². The number of piperidine rings is 2. The maximum atomic E-state index is 14.7. The van der Waals surface area contributed by atoms with E-state index >= 15 is 0 Å². The molecule has 1 aromatic carbocycles. The standard InChI is InChI=1S/C32H43F2N9O5/c1-20(2)43-19-32(33,34)28(45)39(3)24-16-35-29(37-26(24)43)36-23-6-5-21(15-25(23)48-4)27(44)38-42-11-7-22(8-12-42)41-17-31(18-41)9-13-40(14-10-31)30(46)47/h5-6,15-16,20,22H,7-14,17-19H2,1-4H3,(H,38,44)(H,46,47)(H,35,36,37). The predicted molar refractivity (Wildman–Crippen MR) is 174 cm³/mol. The summed E-state index contributed by atoms with van der Waals surface area (Å²) in [5.74, 6) is -4.51. The van der Waals surface area contributed by atoms with Gasteiger partial charge in [0.05, 0.1) is 25.5 Å². The van der Waals surface area contributed by atoms with Gasteiger partial charge in [-0.3, -0.25) is 19.9 Å². The summed E-state index contributed by atoms with van der Waals surface area (Å²) in [5, 5.41) is 14.2. The van der Waals surface area contributed by atoms with E-state index in [0.29, 0.717) is 36.1 Å². The third kappa shape index (κ3) is 6.55. The SMILES string of the molecule is COc1cc(C(=O)NN2CCC(N3CC4(CCN(C(=O)O)CC4)C3)CC2)ccc1Nc1ncc2c(n1)N(C(C)C)CC(F)(F)C(=O)N2C. The van der Waals surface area contributed by atoms with Crippen molar-refractivity contribution in [2.75, 3.05) is 75.1 Å². The molecule has 3 saturated heterocycles. The highest BCUT2D eigenvalue weighted by atomic mass is 19.3. The van der Waals surface area contributed by atoms with E-state index in [9.17, 15) is 28.3 Å². The smallest absolute Gasteiger partial charge is 0.407 e. The summed E-state index contributed by atoms with van der Waals surface area (Å²) in [6, 6.07) is 5.01. The monoisotopic (exact) mass is 671 g/mol. The van der Waals surface area contributed by atoms with Gasteiger partial charge in [-0.15, -0.1) is 0 Å². The number of likely N-dealkylation sites (tertiary alicyclic amines) is 2. The lowest BCUT2D eigenvalue weighted by Gasteiger charge is -2.57. The van der Waals surface area contributed by atoms with Gasteiger partial charge in [0.2, 0.25) is 5.95 Å². The molecule has 14 nitrogen and oxygen atoms in total. The molecule has 0 bridgehead atoms. The van der Waals surface area contributed by atoms with Gasteiger partial charge in [-0.05, 0) is 63.1 Å². The van der Waals surface area contributed by atoms with Gasteiger partial charge in [0.1, 0.15) is 11.4 Å². The zero-order valence-corrected chi connectivity index (χ0v) is 27.7. The van der Waals surface area contributed by atoms with Crippen molar-refractivity contribution >= 4 is 41.0 Å². The van der Waals surface area contributed by atoms with Crippen LogP contribution < -0.4 is 25.3 Å². The van der Waals surface area contributed by atoms with Gasteiger partial charge < -0.3 is 29.9 Å². The summed E-state index contributed by atoms with van der Waals surface area (Å²) in [6.07, 6.45) is 4.20. The molecule has 3 N–H and O–H groups in total. The number of benzene rings is 1. The number of fused-ring (bicyclic) bond motifs is 1. The fourth-order valence-corrected chi connectivity index (χ4v) is 7.18. The van der Waals surface area contributed by atoms with Gasteiger partial charge in [-0.2, -0.15) is 13.8 Å². The van der Waals surface area contributed by atoms with Gasteiger partial charge in [0.25, 0.3) is 11.8 Å². The van der Waals surface area contributed by atoms with Crippen LogP contribution in [0.1, 0.15) is 49.9 Å². The Kier molecular flexibility index (Phi) is 9.06. The van der Waals surface area contributed by atoms with Crippen molar-refractivity contribution in [2.24, 2.45) is 5.41 Å². The van der Waals surface area contributed by atoms with Crippen LogP contribution in [0.3, 0.4) is 0 Å². The molecule has 16 heteroatoms. The molecule has 5 heterocycles. The lowest BCUT2D eigenvalue weighted by molar-refractivity contribution is -0.140. The zero-order valence-electron chi connectivity index (χ0n) is 27.7. The minimum atomic E-state index is -3.59. The van der Waals surface area contributed by atoms with Crippen molar-refractivity contribution < 1.29 is 33.0 Å². The van der Waals surface area contributed by atoms with Crippen molar-refractivity contribution in [2.45, 2.75) is 57.5 Å². The molecule has 0 radical (unpaired) electrons. The Balaban J connectivity index is 1.05. The van der Waals surface area contributed by atoms with Crippen LogP contribution in [0.4, 0.5) is 36.7 Å². The molecule has 6 rings (SSSR count). The van der Waals surface area contributed by atoms with E-state index in [1.54, 1.807) is 32.0 Å². The molecular weight excluding hydrogens is 628 g/mol. The number of hydrazine groups is 1. The average Bonchev–Trinajstić information content (AvgIpc) is 3.12. The lowest BCUT2D eigenvalue weighted by atomic mass is 9.71. The van der Waals surface area contributed by atoms with Gasteiger partial charge in [0, 0.05) is 64.0 Å². The molecule has 0 atom stereocenters. The number of methoxy groups -OCH3 is 1. The number of aromatic nitrogens is 2. The molecule has 3 fully saturated rings. The lowest BCUT2D eigenvalue weighted by Crippen LogP contribution is -2.64. The van der Waals surface area contributed by atoms with Crippen molar-refractivity contribution in [1.82, 2.24) is 30.2 Å². The van der Waals surface area contributed by atoms with Crippen molar-refractivity contribution in [1.29, 1.82) is 0 Å². The van der Waals surface area contributed by atoms with E-state index < -0.39 is 24.5 Å². The van der Waals surface area contributed by atoms with Crippen LogP contribution in [0.5, 0.6) is 5.75 Å². The van der Waals surface area contributed by atoms with Gasteiger partial charge in [-0.1, -0.05) is 0 Å². The number of nitrogens with one attached hydrogen (secondary N) is 2. The molecule has 3 amide bonds. The number of carbonyl (C=O) groups excluding carboxylic acids is 2. The van der Waals surface area contributed by atoms with Crippen molar-refractivity contribution in [3.8, 4) is 5.75 Å². The second kappa shape index (κ2) is 13.0. The zero-order chi connectivity index (χ0) is 34.4.